The molecular weight excluding hydrogens is 393 g/mol. The predicted octanol–water partition coefficient (Wildman–Crippen LogP) is 4.42. The summed E-state index contributed by atoms with van der Waals surface area (Å²) in [5.74, 6) is 1.28. The first-order chi connectivity index (χ1) is 15.2. The molecule has 1 saturated heterocycles. The van der Waals surface area contributed by atoms with Gasteiger partial charge in [-0.25, -0.2) is 14.4 Å². The van der Waals surface area contributed by atoms with E-state index >= 15 is 0 Å². The summed E-state index contributed by atoms with van der Waals surface area (Å²) in [6.45, 7) is 2.93. The maximum atomic E-state index is 13.8. The molecule has 1 fully saturated rings. The normalized spacial score (nSPS) is 17.2. The number of halogens is 1. The average Bonchev–Trinajstić information content (AvgIpc) is 3.09. The maximum Gasteiger partial charge on any atom is 0.131 e. The standard InChI is InChI=1S/C24H24FN5O/c1-29-14-17(19-13-18(25)8-9-21(19)29)15-30-11-12-31-22(16-30)20-5-4-7-24(27-20)28-23-6-2-3-10-26-23/h2-10,13-14,22H,11-12,15-16H2,1H3,(H,26,27,28)/t22-/m1/s1. The highest BCUT2D eigenvalue weighted by Crippen LogP contribution is 2.27. The number of nitrogens with zero attached hydrogens (tertiary/aromatic N) is 4. The summed E-state index contributed by atoms with van der Waals surface area (Å²) in [6, 6.07) is 16.6. The van der Waals surface area contributed by atoms with Crippen LogP contribution in [0.25, 0.3) is 10.9 Å². The van der Waals surface area contributed by atoms with Crippen molar-refractivity contribution in [3.63, 3.8) is 0 Å². The van der Waals surface area contributed by atoms with Gasteiger partial charge in [0.15, 0.2) is 0 Å². The number of hydrogen-bond donors (Lipinski definition) is 1. The molecule has 0 radical (unpaired) electrons. The van der Waals surface area contributed by atoms with Crippen LogP contribution in [-0.4, -0.2) is 39.1 Å². The molecule has 0 unspecified atom stereocenters. The van der Waals surface area contributed by atoms with E-state index in [9.17, 15) is 4.39 Å². The molecule has 1 atom stereocenters. The van der Waals surface area contributed by atoms with Crippen molar-refractivity contribution in [3.8, 4) is 0 Å². The summed E-state index contributed by atoms with van der Waals surface area (Å²) in [7, 11) is 2.00. The highest BCUT2D eigenvalue weighted by atomic mass is 19.1. The number of rotatable bonds is 5. The highest BCUT2D eigenvalue weighted by Gasteiger charge is 2.24. The third-order valence-electron chi connectivity index (χ3n) is 5.60. The van der Waals surface area contributed by atoms with E-state index in [1.54, 1.807) is 12.3 Å². The van der Waals surface area contributed by atoms with Crippen LogP contribution in [0.1, 0.15) is 17.4 Å². The third kappa shape index (κ3) is 4.28. The molecule has 7 heteroatoms. The number of pyridine rings is 2. The Bertz CT molecular complexity index is 1190. The van der Waals surface area contributed by atoms with E-state index in [4.69, 9.17) is 9.72 Å². The van der Waals surface area contributed by atoms with Crippen molar-refractivity contribution in [2.75, 3.05) is 25.0 Å². The van der Waals surface area contributed by atoms with Gasteiger partial charge in [0, 0.05) is 50.0 Å². The van der Waals surface area contributed by atoms with Crippen LogP contribution in [0.4, 0.5) is 16.0 Å². The molecule has 0 spiro atoms. The third-order valence-corrected chi connectivity index (χ3v) is 5.60. The van der Waals surface area contributed by atoms with E-state index in [0.29, 0.717) is 6.61 Å². The zero-order valence-corrected chi connectivity index (χ0v) is 17.3. The number of aromatic nitrogens is 3. The van der Waals surface area contributed by atoms with Crippen LogP contribution in [0, 0.1) is 5.82 Å². The smallest absolute Gasteiger partial charge is 0.131 e. The first-order valence-electron chi connectivity index (χ1n) is 10.4. The van der Waals surface area contributed by atoms with Crippen LogP contribution in [0.2, 0.25) is 0 Å². The molecule has 5 rings (SSSR count). The molecule has 3 aromatic heterocycles. The van der Waals surface area contributed by atoms with E-state index < -0.39 is 0 Å². The maximum absolute atomic E-state index is 13.8. The fourth-order valence-electron chi connectivity index (χ4n) is 4.11. The summed E-state index contributed by atoms with van der Waals surface area (Å²) in [5, 5.41) is 4.20. The van der Waals surface area contributed by atoms with Gasteiger partial charge in [-0.15, -0.1) is 0 Å². The number of ether oxygens (including phenoxy) is 1. The van der Waals surface area contributed by atoms with Crippen molar-refractivity contribution in [2.24, 2.45) is 7.05 Å². The molecule has 1 aromatic carbocycles. The molecule has 0 bridgehead atoms. The quantitative estimate of drug-likeness (QED) is 0.521. The molecule has 4 aromatic rings. The Morgan fingerprint density at radius 1 is 1.13 bits per heavy atom. The summed E-state index contributed by atoms with van der Waals surface area (Å²) in [5.41, 5.74) is 3.04. The van der Waals surface area contributed by atoms with Gasteiger partial charge >= 0.3 is 0 Å². The zero-order valence-electron chi connectivity index (χ0n) is 17.3. The molecule has 0 aliphatic carbocycles. The Labute approximate surface area is 180 Å². The van der Waals surface area contributed by atoms with Gasteiger partial charge in [0.25, 0.3) is 0 Å². The van der Waals surface area contributed by atoms with Crippen molar-refractivity contribution < 1.29 is 9.13 Å². The molecule has 31 heavy (non-hydrogen) atoms. The molecular formula is C24H24FN5O. The summed E-state index contributed by atoms with van der Waals surface area (Å²) in [6.07, 6.45) is 3.71. The van der Waals surface area contributed by atoms with Crippen LogP contribution in [0.3, 0.4) is 0 Å². The number of morpholine rings is 1. The molecule has 1 N–H and O–H groups in total. The largest absolute Gasteiger partial charge is 0.369 e. The molecule has 6 nitrogen and oxygen atoms in total. The van der Waals surface area contributed by atoms with Gasteiger partial charge in [-0.2, -0.15) is 0 Å². The number of hydrogen-bond acceptors (Lipinski definition) is 5. The van der Waals surface area contributed by atoms with Crippen LogP contribution in [0.5, 0.6) is 0 Å². The lowest BCUT2D eigenvalue weighted by Gasteiger charge is -2.32. The lowest BCUT2D eigenvalue weighted by atomic mass is 10.1. The average molecular weight is 417 g/mol. The topological polar surface area (TPSA) is 55.2 Å². The van der Waals surface area contributed by atoms with Crippen molar-refractivity contribution in [3.05, 3.63) is 84.1 Å². The summed E-state index contributed by atoms with van der Waals surface area (Å²) in [4.78, 5) is 11.4. The Balaban J connectivity index is 1.32. The predicted molar refractivity (Wildman–Crippen MR) is 119 cm³/mol. The van der Waals surface area contributed by atoms with Crippen LogP contribution in [0.15, 0.2) is 67.0 Å². The molecule has 4 heterocycles. The minimum Gasteiger partial charge on any atom is -0.369 e. The van der Waals surface area contributed by atoms with E-state index in [1.807, 2.05) is 49.5 Å². The van der Waals surface area contributed by atoms with Gasteiger partial charge in [-0.3, -0.25) is 4.90 Å². The van der Waals surface area contributed by atoms with Gasteiger partial charge in [-0.1, -0.05) is 12.1 Å². The van der Waals surface area contributed by atoms with Crippen LogP contribution >= 0.6 is 0 Å². The molecule has 0 amide bonds. The molecule has 1 aliphatic rings. The number of benzene rings is 1. The van der Waals surface area contributed by atoms with Crippen molar-refractivity contribution in [1.29, 1.82) is 0 Å². The summed E-state index contributed by atoms with van der Waals surface area (Å²) < 4.78 is 21.9. The minimum absolute atomic E-state index is 0.119. The second-order valence-corrected chi connectivity index (χ2v) is 7.81. The van der Waals surface area contributed by atoms with Crippen LogP contribution < -0.4 is 5.32 Å². The number of aryl methyl sites for hydroxylation is 1. The highest BCUT2D eigenvalue weighted by molar-refractivity contribution is 5.84. The van der Waals surface area contributed by atoms with Gasteiger partial charge in [0.05, 0.1) is 12.3 Å². The van der Waals surface area contributed by atoms with E-state index in [0.717, 1.165) is 53.4 Å². The number of fused-ring (bicyclic) bond motifs is 1. The van der Waals surface area contributed by atoms with Gasteiger partial charge in [0.2, 0.25) is 0 Å². The van der Waals surface area contributed by atoms with E-state index in [-0.39, 0.29) is 11.9 Å². The SMILES string of the molecule is Cn1cc(CN2CCO[C@@H](c3cccc(Nc4ccccn4)n3)C2)c2cc(F)ccc21. The van der Waals surface area contributed by atoms with Crippen molar-refractivity contribution in [2.45, 2.75) is 12.6 Å². The molecule has 0 saturated carbocycles. The minimum atomic E-state index is -0.207. The first kappa shape index (κ1) is 19.7. The molecule has 158 valence electrons. The second-order valence-electron chi connectivity index (χ2n) is 7.81. The number of nitrogens with one attached hydrogen (secondary N) is 1. The lowest BCUT2D eigenvalue weighted by Crippen LogP contribution is -2.38. The van der Waals surface area contributed by atoms with E-state index in [1.165, 1.54) is 6.07 Å². The van der Waals surface area contributed by atoms with Crippen LogP contribution in [-0.2, 0) is 18.3 Å². The van der Waals surface area contributed by atoms with E-state index in [2.05, 4.69) is 26.0 Å². The van der Waals surface area contributed by atoms with Gasteiger partial charge in [-0.05, 0) is 48.0 Å². The molecule has 1 aliphatic heterocycles. The second kappa shape index (κ2) is 8.45. The fourth-order valence-corrected chi connectivity index (χ4v) is 4.11. The van der Waals surface area contributed by atoms with Crippen molar-refractivity contribution >= 4 is 22.5 Å². The Morgan fingerprint density at radius 2 is 2.03 bits per heavy atom. The zero-order chi connectivity index (χ0) is 21.2. The Kier molecular flexibility index (Phi) is 5.36. The Hall–Kier alpha value is -3.29. The van der Waals surface area contributed by atoms with Gasteiger partial charge in [0.1, 0.15) is 23.6 Å². The lowest BCUT2D eigenvalue weighted by molar-refractivity contribution is -0.0348. The first-order valence-corrected chi connectivity index (χ1v) is 10.4. The summed E-state index contributed by atoms with van der Waals surface area (Å²) >= 11 is 0. The van der Waals surface area contributed by atoms with Gasteiger partial charge < -0.3 is 14.6 Å². The monoisotopic (exact) mass is 417 g/mol. The number of anilines is 2. The Morgan fingerprint density at radius 3 is 2.90 bits per heavy atom. The van der Waals surface area contributed by atoms with Crippen molar-refractivity contribution in [1.82, 2.24) is 19.4 Å². The fraction of sp³-hybridized carbons (Fsp3) is 0.250.